The van der Waals surface area contributed by atoms with Gasteiger partial charge in [-0.15, -0.1) is 11.3 Å². The predicted octanol–water partition coefficient (Wildman–Crippen LogP) is 3.66. The second-order valence-electron chi connectivity index (χ2n) is 6.00. The van der Waals surface area contributed by atoms with E-state index in [0.717, 1.165) is 27.0 Å². The molecule has 4 aromatic rings. The molecule has 0 spiro atoms. The first-order valence-corrected chi connectivity index (χ1v) is 8.83. The molecular weight excluding hydrogens is 352 g/mol. The first-order chi connectivity index (χ1) is 12.5. The van der Waals surface area contributed by atoms with E-state index < -0.39 is 5.97 Å². The fraction of sp³-hybridized carbons (Fsp3) is 0.222. The maximum atomic E-state index is 12.3. The molecule has 8 heteroatoms. The topological polar surface area (TPSA) is 83.0 Å². The minimum Gasteiger partial charge on any atom is -0.453 e. The molecule has 0 radical (unpaired) electrons. The van der Waals surface area contributed by atoms with Crippen LogP contribution in [0.15, 0.2) is 34.9 Å². The van der Waals surface area contributed by atoms with Crippen molar-refractivity contribution in [1.29, 1.82) is 0 Å². The number of fused-ring (bicyclic) bond motifs is 1. The van der Waals surface area contributed by atoms with Gasteiger partial charge in [0.15, 0.2) is 6.61 Å². The van der Waals surface area contributed by atoms with Crippen molar-refractivity contribution in [2.45, 2.75) is 20.5 Å². The number of thiophene rings is 1. The Kier molecular flexibility index (Phi) is 4.04. The second-order valence-corrected chi connectivity index (χ2v) is 7.03. The van der Waals surface area contributed by atoms with Crippen LogP contribution in [0.4, 0.5) is 0 Å². The molecule has 26 heavy (non-hydrogen) atoms. The van der Waals surface area contributed by atoms with Crippen LogP contribution in [0, 0.1) is 13.8 Å². The number of aromatic nitrogens is 4. The van der Waals surface area contributed by atoms with Gasteiger partial charge in [0.1, 0.15) is 9.71 Å². The molecule has 0 aliphatic rings. The molecule has 0 aliphatic heterocycles. The number of aryl methyl sites for hydroxylation is 3. The van der Waals surface area contributed by atoms with Crippen LogP contribution in [0.1, 0.15) is 26.8 Å². The zero-order valence-electron chi connectivity index (χ0n) is 14.5. The number of hydrogen-bond acceptors (Lipinski definition) is 7. The van der Waals surface area contributed by atoms with E-state index in [1.54, 1.807) is 10.7 Å². The molecular formula is C18H16N4O3S. The van der Waals surface area contributed by atoms with Crippen molar-refractivity contribution >= 4 is 27.5 Å². The summed E-state index contributed by atoms with van der Waals surface area (Å²) in [6.07, 6.45) is 0. The third-order valence-corrected chi connectivity index (χ3v) is 5.18. The third kappa shape index (κ3) is 2.99. The summed E-state index contributed by atoms with van der Waals surface area (Å²) in [6, 6.07) is 9.56. The fourth-order valence-electron chi connectivity index (χ4n) is 2.63. The highest BCUT2D eigenvalue weighted by atomic mass is 32.1. The molecule has 4 rings (SSSR count). The molecule has 7 nitrogen and oxygen atoms in total. The van der Waals surface area contributed by atoms with Crippen LogP contribution < -0.4 is 0 Å². The standard InChI is InChI=1S/C18H16N4O3S/c1-10-4-6-12(7-5-10)16-19-15(21-25-16)9-24-18(23)14-8-13-11(2)20-22(3)17(13)26-14/h4-8H,9H2,1-3H3. The van der Waals surface area contributed by atoms with Crippen molar-refractivity contribution in [1.82, 2.24) is 19.9 Å². The maximum absolute atomic E-state index is 12.3. The molecule has 0 saturated heterocycles. The zero-order chi connectivity index (χ0) is 18.3. The Morgan fingerprint density at radius 1 is 1.27 bits per heavy atom. The molecule has 3 aromatic heterocycles. The number of ether oxygens (including phenoxy) is 1. The Morgan fingerprint density at radius 3 is 2.77 bits per heavy atom. The second kappa shape index (κ2) is 6.38. The molecule has 132 valence electrons. The van der Waals surface area contributed by atoms with Crippen molar-refractivity contribution in [3.05, 3.63) is 52.3 Å². The van der Waals surface area contributed by atoms with E-state index in [0.29, 0.717) is 16.6 Å². The summed E-state index contributed by atoms with van der Waals surface area (Å²) in [5.41, 5.74) is 2.86. The number of benzene rings is 1. The smallest absolute Gasteiger partial charge is 0.348 e. The minimum atomic E-state index is -0.410. The van der Waals surface area contributed by atoms with E-state index in [1.165, 1.54) is 11.3 Å². The van der Waals surface area contributed by atoms with E-state index >= 15 is 0 Å². The van der Waals surface area contributed by atoms with E-state index in [2.05, 4.69) is 15.2 Å². The average Bonchev–Trinajstić information content (AvgIpc) is 3.32. The summed E-state index contributed by atoms with van der Waals surface area (Å²) in [4.78, 5) is 18.0. The lowest BCUT2D eigenvalue weighted by Crippen LogP contribution is -2.04. The van der Waals surface area contributed by atoms with Gasteiger partial charge in [-0.25, -0.2) is 4.79 Å². The Morgan fingerprint density at radius 2 is 2.04 bits per heavy atom. The number of carbonyl (C=O) groups is 1. The number of rotatable bonds is 4. The summed E-state index contributed by atoms with van der Waals surface area (Å²) in [7, 11) is 1.85. The summed E-state index contributed by atoms with van der Waals surface area (Å²) < 4.78 is 12.3. The van der Waals surface area contributed by atoms with Crippen LogP contribution in [-0.4, -0.2) is 25.9 Å². The molecule has 0 bridgehead atoms. The fourth-order valence-corrected chi connectivity index (χ4v) is 3.65. The Labute approximate surface area is 153 Å². The lowest BCUT2D eigenvalue weighted by Gasteiger charge is -1.98. The highest BCUT2D eigenvalue weighted by Gasteiger charge is 2.17. The summed E-state index contributed by atoms with van der Waals surface area (Å²) in [5, 5.41) is 9.15. The molecule has 0 atom stereocenters. The number of hydrogen-bond donors (Lipinski definition) is 0. The first-order valence-electron chi connectivity index (χ1n) is 8.01. The highest BCUT2D eigenvalue weighted by molar-refractivity contribution is 7.20. The molecule has 3 heterocycles. The quantitative estimate of drug-likeness (QED) is 0.511. The van der Waals surface area contributed by atoms with E-state index in [1.807, 2.05) is 45.2 Å². The first kappa shape index (κ1) is 16.5. The molecule has 0 saturated carbocycles. The van der Waals surface area contributed by atoms with Gasteiger partial charge in [-0.2, -0.15) is 10.1 Å². The van der Waals surface area contributed by atoms with Crippen LogP contribution in [0.25, 0.3) is 21.7 Å². The van der Waals surface area contributed by atoms with Gasteiger partial charge < -0.3 is 9.26 Å². The monoisotopic (exact) mass is 368 g/mol. The Hall–Kier alpha value is -3.00. The van der Waals surface area contributed by atoms with Crippen molar-refractivity contribution in [2.24, 2.45) is 7.05 Å². The van der Waals surface area contributed by atoms with Gasteiger partial charge in [-0.3, -0.25) is 4.68 Å². The summed E-state index contributed by atoms with van der Waals surface area (Å²) >= 11 is 1.35. The van der Waals surface area contributed by atoms with E-state index in [-0.39, 0.29) is 6.61 Å². The molecule has 0 aliphatic carbocycles. The van der Waals surface area contributed by atoms with Gasteiger partial charge in [0.25, 0.3) is 5.89 Å². The van der Waals surface area contributed by atoms with Gasteiger partial charge in [-0.1, -0.05) is 22.9 Å². The SMILES string of the molecule is Cc1ccc(-c2nc(COC(=O)c3cc4c(C)nn(C)c4s3)no2)cc1. The van der Waals surface area contributed by atoms with Crippen molar-refractivity contribution in [3.8, 4) is 11.5 Å². The van der Waals surface area contributed by atoms with Gasteiger partial charge in [0.05, 0.1) is 5.69 Å². The van der Waals surface area contributed by atoms with Gasteiger partial charge >= 0.3 is 5.97 Å². The summed E-state index contributed by atoms with van der Waals surface area (Å²) in [5.74, 6) is 0.319. The van der Waals surface area contributed by atoms with Crippen molar-refractivity contribution in [2.75, 3.05) is 0 Å². The van der Waals surface area contributed by atoms with E-state index in [9.17, 15) is 4.79 Å². The molecule has 0 amide bonds. The Balaban J connectivity index is 1.45. The molecule has 1 aromatic carbocycles. The van der Waals surface area contributed by atoms with Gasteiger partial charge in [0, 0.05) is 18.0 Å². The maximum Gasteiger partial charge on any atom is 0.348 e. The average molecular weight is 368 g/mol. The van der Waals surface area contributed by atoms with Crippen LogP contribution >= 0.6 is 11.3 Å². The van der Waals surface area contributed by atoms with Crippen LogP contribution in [-0.2, 0) is 18.4 Å². The largest absolute Gasteiger partial charge is 0.453 e. The molecule has 0 unspecified atom stereocenters. The van der Waals surface area contributed by atoms with Crippen molar-refractivity contribution in [3.63, 3.8) is 0 Å². The molecule has 0 N–H and O–H groups in total. The Bertz CT molecular complexity index is 1060. The third-order valence-electron chi connectivity index (χ3n) is 4.00. The lowest BCUT2D eigenvalue weighted by atomic mass is 10.1. The number of nitrogens with zero attached hydrogens (tertiary/aromatic N) is 4. The number of carbonyl (C=O) groups excluding carboxylic acids is 1. The van der Waals surface area contributed by atoms with E-state index in [4.69, 9.17) is 9.26 Å². The molecule has 0 fully saturated rings. The van der Waals surface area contributed by atoms with Gasteiger partial charge in [0.2, 0.25) is 5.82 Å². The minimum absolute atomic E-state index is 0.0420. The number of esters is 1. The summed E-state index contributed by atoms with van der Waals surface area (Å²) in [6.45, 7) is 3.88. The van der Waals surface area contributed by atoms with Crippen LogP contribution in [0.5, 0.6) is 0 Å². The normalized spacial score (nSPS) is 11.2. The van der Waals surface area contributed by atoms with Crippen molar-refractivity contribution < 1.29 is 14.1 Å². The lowest BCUT2D eigenvalue weighted by molar-refractivity contribution is 0.0465. The zero-order valence-corrected chi connectivity index (χ0v) is 15.3. The van der Waals surface area contributed by atoms with Crippen LogP contribution in [0.3, 0.4) is 0 Å². The van der Waals surface area contributed by atoms with Crippen LogP contribution in [0.2, 0.25) is 0 Å². The van der Waals surface area contributed by atoms with Gasteiger partial charge in [-0.05, 0) is 32.0 Å². The predicted molar refractivity (Wildman–Crippen MR) is 96.9 cm³/mol. The highest BCUT2D eigenvalue weighted by Crippen LogP contribution is 2.28.